The Morgan fingerprint density at radius 3 is 2.44 bits per heavy atom. The van der Waals surface area contributed by atoms with Gasteiger partial charge in [0.2, 0.25) is 11.8 Å². The van der Waals surface area contributed by atoms with Crippen LogP contribution in [0, 0.1) is 0 Å². The molecular weight excluding hydrogens is 366 g/mol. The van der Waals surface area contributed by atoms with Crippen molar-refractivity contribution in [2.45, 2.75) is 6.42 Å². The first kappa shape index (κ1) is 20.7. The van der Waals surface area contributed by atoms with Gasteiger partial charge in [-0.1, -0.05) is 23.7 Å². The third-order valence-corrected chi connectivity index (χ3v) is 4.06. The summed E-state index contributed by atoms with van der Waals surface area (Å²) in [5.74, 6) is 0.408. The van der Waals surface area contributed by atoms with Crippen LogP contribution in [0.4, 0.5) is 5.69 Å². The number of ether oxygens (including phenoxy) is 1. The van der Waals surface area contributed by atoms with E-state index in [9.17, 15) is 9.59 Å². The predicted octanol–water partition coefficient (Wildman–Crippen LogP) is 2.58. The molecule has 7 heteroatoms. The number of likely N-dealkylation sites (N-methyl/N-ethyl adjacent to an activating group) is 1. The molecule has 0 aliphatic carbocycles. The van der Waals surface area contributed by atoms with Gasteiger partial charge in [0.25, 0.3) is 0 Å². The first-order valence-corrected chi connectivity index (χ1v) is 8.97. The number of methoxy groups -OCH3 is 1. The Labute approximate surface area is 164 Å². The highest BCUT2D eigenvalue weighted by atomic mass is 35.5. The number of amides is 2. The Morgan fingerprint density at radius 2 is 1.78 bits per heavy atom. The third-order valence-electron chi connectivity index (χ3n) is 3.83. The van der Waals surface area contributed by atoms with Crippen molar-refractivity contribution >= 4 is 29.1 Å². The summed E-state index contributed by atoms with van der Waals surface area (Å²) in [4.78, 5) is 25.7. The number of nitrogens with zero attached hydrogens (tertiary/aromatic N) is 1. The fraction of sp³-hybridized carbons (Fsp3) is 0.300. The van der Waals surface area contributed by atoms with Gasteiger partial charge in [-0.05, 0) is 55.4 Å². The van der Waals surface area contributed by atoms with Crippen LogP contribution in [0.1, 0.15) is 5.56 Å². The lowest BCUT2D eigenvalue weighted by Gasteiger charge is -2.16. The smallest absolute Gasteiger partial charge is 0.238 e. The lowest BCUT2D eigenvalue weighted by Crippen LogP contribution is -2.39. The van der Waals surface area contributed by atoms with Crippen LogP contribution in [0.25, 0.3) is 0 Å². The zero-order chi connectivity index (χ0) is 19.6. The molecule has 2 rings (SSSR count). The summed E-state index contributed by atoms with van der Waals surface area (Å²) in [6.45, 7) is 0.782. The minimum atomic E-state index is -0.186. The van der Waals surface area contributed by atoms with Crippen LogP contribution >= 0.6 is 11.6 Å². The van der Waals surface area contributed by atoms with Gasteiger partial charge >= 0.3 is 0 Å². The van der Waals surface area contributed by atoms with Crippen molar-refractivity contribution in [3.8, 4) is 5.75 Å². The van der Waals surface area contributed by atoms with Crippen molar-refractivity contribution in [2.75, 3.05) is 39.1 Å². The van der Waals surface area contributed by atoms with E-state index in [0.29, 0.717) is 23.7 Å². The van der Waals surface area contributed by atoms with E-state index >= 15 is 0 Å². The number of hydrogen-bond acceptors (Lipinski definition) is 4. The molecule has 144 valence electrons. The maximum atomic E-state index is 12.1. The first-order valence-electron chi connectivity index (χ1n) is 8.60. The number of nitrogens with one attached hydrogen (secondary N) is 2. The van der Waals surface area contributed by atoms with E-state index in [1.54, 1.807) is 43.3 Å². The largest absolute Gasteiger partial charge is 0.497 e. The molecular formula is C20H24ClN3O3. The number of hydrogen-bond donors (Lipinski definition) is 2. The molecule has 0 saturated carbocycles. The highest BCUT2D eigenvalue weighted by Gasteiger charge is 2.11. The molecule has 0 saturated heterocycles. The summed E-state index contributed by atoms with van der Waals surface area (Å²) >= 11 is 5.94. The summed E-state index contributed by atoms with van der Waals surface area (Å²) in [7, 11) is 3.31. The van der Waals surface area contributed by atoms with Crippen LogP contribution in [0.2, 0.25) is 5.02 Å². The molecule has 0 aliphatic heterocycles. The van der Waals surface area contributed by atoms with Gasteiger partial charge in [-0.25, -0.2) is 0 Å². The van der Waals surface area contributed by atoms with Crippen molar-refractivity contribution in [3.05, 3.63) is 59.1 Å². The van der Waals surface area contributed by atoms with Gasteiger partial charge < -0.3 is 15.4 Å². The molecule has 6 nitrogen and oxygen atoms in total. The molecule has 0 bridgehead atoms. The number of carbonyl (C=O) groups is 2. The molecule has 2 amide bonds. The molecule has 0 atom stereocenters. The Hall–Kier alpha value is -2.57. The molecule has 2 N–H and O–H groups in total. The monoisotopic (exact) mass is 389 g/mol. The van der Waals surface area contributed by atoms with E-state index in [-0.39, 0.29) is 24.9 Å². The van der Waals surface area contributed by atoms with Gasteiger partial charge in [-0.3, -0.25) is 14.5 Å². The molecule has 0 fully saturated rings. The minimum absolute atomic E-state index is 0.119. The number of halogens is 1. The van der Waals surface area contributed by atoms with E-state index in [0.717, 1.165) is 11.3 Å². The van der Waals surface area contributed by atoms with Crippen molar-refractivity contribution < 1.29 is 14.3 Å². The molecule has 2 aromatic carbocycles. The quantitative estimate of drug-likeness (QED) is 0.691. The highest BCUT2D eigenvalue weighted by molar-refractivity contribution is 6.30. The van der Waals surface area contributed by atoms with Crippen LogP contribution in [-0.2, 0) is 16.0 Å². The van der Waals surface area contributed by atoms with Crippen LogP contribution in [0.5, 0.6) is 5.75 Å². The fourth-order valence-electron chi connectivity index (χ4n) is 2.52. The molecule has 0 radical (unpaired) electrons. The lowest BCUT2D eigenvalue weighted by molar-refractivity contribution is -0.122. The summed E-state index contributed by atoms with van der Waals surface area (Å²) in [6.07, 6.45) is 0.702. The molecule has 2 aromatic rings. The number of anilines is 1. The zero-order valence-electron chi connectivity index (χ0n) is 15.5. The van der Waals surface area contributed by atoms with Gasteiger partial charge in [0.1, 0.15) is 5.75 Å². The maximum absolute atomic E-state index is 12.1. The normalized spacial score (nSPS) is 10.5. The van der Waals surface area contributed by atoms with E-state index in [1.165, 1.54) is 0 Å². The van der Waals surface area contributed by atoms with Crippen molar-refractivity contribution in [2.24, 2.45) is 0 Å². The number of benzene rings is 2. The zero-order valence-corrected chi connectivity index (χ0v) is 16.3. The van der Waals surface area contributed by atoms with E-state index < -0.39 is 0 Å². The molecule has 27 heavy (non-hydrogen) atoms. The topological polar surface area (TPSA) is 70.7 Å². The van der Waals surface area contributed by atoms with Crippen molar-refractivity contribution in [1.82, 2.24) is 10.2 Å². The molecule has 0 aromatic heterocycles. The Balaban J connectivity index is 1.68. The van der Waals surface area contributed by atoms with Crippen LogP contribution in [0.3, 0.4) is 0 Å². The average Bonchev–Trinajstić information content (AvgIpc) is 2.62. The van der Waals surface area contributed by atoms with Crippen molar-refractivity contribution in [1.29, 1.82) is 0 Å². The van der Waals surface area contributed by atoms with Gasteiger partial charge in [-0.2, -0.15) is 0 Å². The van der Waals surface area contributed by atoms with Crippen LogP contribution in [-0.4, -0.2) is 50.5 Å². The first-order chi connectivity index (χ1) is 13.0. The molecule has 0 aliphatic rings. The minimum Gasteiger partial charge on any atom is -0.497 e. The highest BCUT2D eigenvalue weighted by Crippen LogP contribution is 2.14. The average molecular weight is 390 g/mol. The second-order valence-electron chi connectivity index (χ2n) is 6.18. The Morgan fingerprint density at radius 1 is 1.07 bits per heavy atom. The SMILES string of the molecule is COc1ccc(NC(=O)CN(C)CC(=O)NCCc2cccc(Cl)c2)cc1. The predicted molar refractivity (Wildman–Crippen MR) is 107 cm³/mol. The van der Waals surface area contributed by atoms with Crippen molar-refractivity contribution in [3.63, 3.8) is 0 Å². The third kappa shape index (κ3) is 7.68. The maximum Gasteiger partial charge on any atom is 0.238 e. The number of carbonyl (C=O) groups excluding carboxylic acids is 2. The van der Waals surface area contributed by atoms with Gasteiger partial charge in [0.15, 0.2) is 0 Å². The van der Waals surface area contributed by atoms with E-state index in [4.69, 9.17) is 16.3 Å². The van der Waals surface area contributed by atoms with Gasteiger partial charge in [0.05, 0.1) is 20.2 Å². The summed E-state index contributed by atoms with van der Waals surface area (Å²) < 4.78 is 5.08. The Bertz CT molecular complexity index is 765. The fourth-order valence-corrected chi connectivity index (χ4v) is 2.73. The standard InChI is InChI=1S/C20H24ClN3O3/c1-24(14-20(26)23-17-6-8-18(27-2)9-7-17)13-19(25)22-11-10-15-4-3-5-16(21)12-15/h3-9,12H,10-11,13-14H2,1-2H3,(H,22,25)(H,23,26). The van der Waals surface area contributed by atoms with Crippen LogP contribution in [0.15, 0.2) is 48.5 Å². The lowest BCUT2D eigenvalue weighted by atomic mass is 10.1. The van der Waals surface area contributed by atoms with Gasteiger partial charge in [0, 0.05) is 17.3 Å². The Kier molecular flexibility index (Phi) is 8.10. The molecule has 0 spiro atoms. The van der Waals surface area contributed by atoms with E-state index in [1.807, 2.05) is 24.3 Å². The van der Waals surface area contributed by atoms with Gasteiger partial charge in [-0.15, -0.1) is 0 Å². The number of rotatable bonds is 9. The second-order valence-corrected chi connectivity index (χ2v) is 6.62. The summed E-state index contributed by atoms with van der Waals surface area (Å²) in [5.41, 5.74) is 1.75. The van der Waals surface area contributed by atoms with Crippen LogP contribution < -0.4 is 15.4 Å². The molecule has 0 unspecified atom stereocenters. The van der Waals surface area contributed by atoms with E-state index in [2.05, 4.69) is 10.6 Å². The summed E-state index contributed by atoms with van der Waals surface area (Å²) in [5, 5.41) is 6.32. The second kappa shape index (κ2) is 10.5. The molecule has 0 heterocycles. The summed E-state index contributed by atoms with van der Waals surface area (Å²) in [6, 6.07) is 14.6.